The van der Waals surface area contributed by atoms with Crippen LogP contribution in [-0.4, -0.2) is 47.8 Å². The number of carbonyl (C=O) groups excluding carboxylic acids is 3. The largest absolute Gasteiger partial charge is 0.340 e. The highest BCUT2D eigenvalue weighted by Gasteiger charge is 2.42. The lowest BCUT2D eigenvalue weighted by atomic mass is 9.82. The van der Waals surface area contributed by atoms with Crippen molar-refractivity contribution >= 4 is 17.7 Å². The van der Waals surface area contributed by atoms with Gasteiger partial charge in [-0.1, -0.05) is 6.42 Å². The molecule has 6 nitrogen and oxygen atoms in total. The van der Waals surface area contributed by atoms with Crippen LogP contribution in [-0.2, 0) is 9.59 Å². The molecular formula is C11H17N3O3. The van der Waals surface area contributed by atoms with E-state index in [9.17, 15) is 14.4 Å². The van der Waals surface area contributed by atoms with Crippen molar-refractivity contribution in [1.82, 2.24) is 15.3 Å². The molecule has 1 saturated carbocycles. The van der Waals surface area contributed by atoms with Crippen LogP contribution >= 0.6 is 0 Å². The van der Waals surface area contributed by atoms with Crippen molar-refractivity contribution in [3.05, 3.63) is 0 Å². The van der Waals surface area contributed by atoms with Crippen molar-refractivity contribution in [2.75, 3.05) is 14.1 Å². The van der Waals surface area contributed by atoms with Crippen LogP contribution in [0.5, 0.6) is 0 Å². The number of rotatable bonds is 1. The number of likely N-dealkylation sites (N-methyl/N-ethyl adjacent to an activating group) is 1. The number of urea groups is 1. The molecule has 2 atom stereocenters. The Morgan fingerprint density at radius 3 is 2.53 bits per heavy atom. The van der Waals surface area contributed by atoms with Crippen molar-refractivity contribution in [1.29, 1.82) is 0 Å². The molecule has 1 aliphatic heterocycles. The van der Waals surface area contributed by atoms with Crippen LogP contribution in [0.25, 0.3) is 0 Å². The van der Waals surface area contributed by atoms with E-state index in [2.05, 4.69) is 5.43 Å². The Labute approximate surface area is 99.9 Å². The zero-order chi connectivity index (χ0) is 12.6. The summed E-state index contributed by atoms with van der Waals surface area (Å²) in [5.74, 6) is -0.485. The molecule has 0 spiro atoms. The summed E-state index contributed by atoms with van der Waals surface area (Å²) in [5.41, 5.74) is 2.82. The molecule has 2 unspecified atom stereocenters. The van der Waals surface area contributed by atoms with Gasteiger partial charge in [0.2, 0.25) is 5.91 Å². The Balaban J connectivity index is 2.17. The first-order valence-electron chi connectivity index (χ1n) is 5.86. The van der Waals surface area contributed by atoms with E-state index in [0.29, 0.717) is 6.42 Å². The molecule has 1 saturated heterocycles. The quantitative estimate of drug-likeness (QED) is 0.706. The second-order valence-electron chi connectivity index (χ2n) is 4.66. The van der Waals surface area contributed by atoms with E-state index < -0.39 is 12.1 Å². The van der Waals surface area contributed by atoms with Gasteiger partial charge in [0.05, 0.1) is 0 Å². The molecule has 0 aromatic carbocycles. The predicted octanol–water partition coefficient (Wildman–Crippen LogP) is 0.143. The Kier molecular flexibility index (Phi) is 3.15. The zero-order valence-electron chi connectivity index (χ0n) is 10.1. The van der Waals surface area contributed by atoms with Crippen LogP contribution in [0.1, 0.15) is 25.7 Å². The van der Waals surface area contributed by atoms with Gasteiger partial charge in [0, 0.05) is 26.4 Å². The molecule has 0 aromatic rings. The summed E-state index contributed by atoms with van der Waals surface area (Å²) >= 11 is 0. The second kappa shape index (κ2) is 4.44. The highest BCUT2D eigenvalue weighted by molar-refractivity contribution is 6.01. The molecule has 1 N–H and O–H groups in total. The summed E-state index contributed by atoms with van der Waals surface area (Å²) in [6.45, 7) is 0. The highest BCUT2D eigenvalue weighted by Crippen LogP contribution is 2.26. The molecule has 1 aliphatic carbocycles. The van der Waals surface area contributed by atoms with Crippen molar-refractivity contribution in [2.24, 2.45) is 5.92 Å². The van der Waals surface area contributed by atoms with Gasteiger partial charge in [0.15, 0.2) is 0 Å². The van der Waals surface area contributed by atoms with Gasteiger partial charge < -0.3 is 0 Å². The summed E-state index contributed by atoms with van der Waals surface area (Å²) in [6, 6.07) is -0.981. The van der Waals surface area contributed by atoms with Gasteiger partial charge in [0.1, 0.15) is 11.8 Å². The predicted molar refractivity (Wildman–Crippen MR) is 59.8 cm³/mol. The monoisotopic (exact) mass is 239 g/mol. The SMILES string of the molecule is CN1NC(C2CCCCC2=O)C(=O)N(C)C1=O. The molecule has 0 aromatic heterocycles. The maximum absolute atomic E-state index is 12.0. The smallest absolute Gasteiger partial charge is 0.299 e. The first-order valence-corrected chi connectivity index (χ1v) is 5.86. The van der Waals surface area contributed by atoms with Crippen molar-refractivity contribution in [3.8, 4) is 0 Å². The number of nitrogens with one attached hydrogen (secondary N) is 1. The fourth-order valence-corrected chi connectivity index (χ4v) is 2.47. The third-order valence-electron chi connectivity index (χ3n) is 3.51. The van der Waals surface area contributed by atoms with E-state index >= 15 is 0 Å². The number of Topliss-reactive ketones (excluding diaryl/α,β-unsaturated/α-hetero) is 1. The Bertz CT molecular complexity index is 369. The molecule has 94 valence electrons. The van der Waals surface area contributed by atoms with Crippen LogP contribution in [0.2, 0.25) is 0 Å². The van der Waals surface area contributed by atoms with Crippen molar-refractivity contribution in [3.63, 3.8) is 0 Å². The van der Waals surface area contributed by atoms with E-state index in [4.69, 9.17) is 0 Å². The molecular weight excluding hydrogens is 222 g/mol. The van der Waals surface area contributed by atoms with E-state index in [1.807, 2.05) is 0 Å². The minimum Gasteiger partial charge on any atom is -0.299 e. The minimum atomic E-state index is -0.588. The highest BCUT2D eigenvalue weighted by atomic mass is 16.2. The van der Waals surface area contributed by atoms with Gasteiger partial charge in [0.25, 0.3) is 0 Å². The molecule has 1 heterocycles. The summed E-state index contributed by atoms with van der Waals surface area (Å²) in [4.78, 5) is 36.4. The summed E-state index contributed by atoms with van der Waals surface area (Å²) in [6.07, 6.45) is 3.12. The molecule has 2 aliphatic rings. The lowest BCUT2D eigenvalue weighted by Gasteiger charge is -2.39. The number of hydrogen-bond donors (Lipinski definition) is 1. The van der Waals surface area contributed by atoms with Crippen LogP contribution in [0.15, 0.2) is 0 Å². The average molecular weight is 239 g/mol. The van der Waals surface area contributed by atoms with Crippen molar-refractivity contribution < 1.29 is 14.4 Å². The first kappa shape index (κ1) is 12.0. The van der Waals surface area contributed by atoms with Crippen LogP contribution in [0.4, 0.5) is 4.79 Å². The number of amides is 3. The lowest BCUT2D eigenvalue weighted by molar-refractivity contribution is -0.141. The number of imide groups is 1. The number of ketones is 1. The van der Waals surface area contributed by atoms with Crippen LogP contribution in [0, 0.1) is 5.92 Å². The van der Waals surface area contributed by atoms with Gasteiger partial charge in [-0.15, -0.1) is 0 Å². The van der Waals surface area contributed by atoms with Crippen LogP contribution < -0.4 is 5.43 Å². The maximum Gasteiger partial charge on any atom is 0.340 e. The average Bonchev–Trinajstić information content (AvgIpc) is 2.32. The lowest BCUT2D eigenvalue weighted by Crippen LogP contribution is -2.66. The molecule has 2 rings (SSSR count). The Hall–Kier alpha value is -1.43. The van der Waals surface area contributed by atoms with E-state index in [1.165, 1.54) is 12.1 Å². The molecule has 0 bridgehead atoms. The second-order valence-corrected chi connectivity index (χ2v) is 4.66. The van der Waals surface area contributed by atoms with Crippen LogP contribution in [0.3, 0.4) is 0 Å². The number of nitrogens with zero attached hydrogens (tertiary/aromatic N) is 2. The maximum atomic E-state index is 12.0. The number of hydrazine groups is 1. The normalized spacial score (nSPS) is 31.1. The Morgan fingerprint density at radius 1 is 1.18 bits per heavy atom. The summed E-state index contributed by atoms with van der Waals surface area (Å²) < 4.78 is 0. The molecule has 3 amide bonds. The Morgan fingerprint density at radius 2 is 1.88 bits per heavy atom. The molecule has 2 fully saturated rings. The zero-order valence-corrected chi connectivity index (χ0v) is 10.1. The summed E-state index contributed by atoms with van der Waals surface area (Å²) in [5, 5.41) is 1.27. The topological polar surface area (TPSA) is 69.7 Å². The van der Waals surface area contributed by atoms with Gasteiger partial charge in [-0.2, -0.15) is 0 Å². The van der Waals surface area contributed by atoms with Gasteiger partial charge in [-0.3, -0.25) is 19.5 Å². The van der Waals surface area contributed by atoms with Gasteiger partial charge in [-0.25, -0.2) is 10.2 Å². The summed E-state index contributed by atoms with van der Waals surface area (Å²) in [7, 11) is 3.01. The third kappa shape index (κ3) is 2.04. The van der Waals surface area contributed by atoms with Crippen molar-refractivity contribution in [2.45, 2.75) is 31.7 Å². The first-order chi connectivity index (χ1) is 8.02. The minimum absolute atomic E-state index is 0.123. The third-order valence-corrected chi connectivity index (χ3v) is 3.51. The fraction of sp³-hybridized carbons (Fsp3) is 0.727. The molecule has 6 heteroatoms. The number of carbonyl (C=O) groups is 3. The van der Waals surface area contributed by atoms with Gasteiger partial charge in [-0.05, 0) is 12.8 Å². The molecule has 17 heavy (non-hydrogen) atoms. The van der Waals surface area contributed by atoms with E-state index in [0.717, 1.165) is 24.2 Å². The standard InChI is InChI=1S/C11H17N3O3/c1-13-10(16)9(12-14(2)11(13)17)7-5-3-4-6-8(7)15/h7,9,12H,3-6H2,1-2H3. The molecule has 0 radical (unpaired) electrons. The fourth-order valence-electron chi connectivity index (χ4n) is 2.47. The van der Waals surface area contributed by atoms with E-state index in [-0.39, 0.29) is 17.6 Å². The van der Waals surface area contributed by atoms with Gasteiger partial charge >= 0.3 is 6.03 Å². The van der Waals surface area contributed by atoms with E-state index in [1.54, 1.807) is 7.05 Å². The number of hydrogen-bond acceptors (Lipinski definition) is 4.